The van der Waals surface area contributed by atoms with Gasteiger partial charge in [0.25, 0.3) is 0 Å². The molecule has 0 radical (unpaired) electrons. The average Bonchev–Trinajstić information content (AvgIpc) is 2.08. The Morgan fingerprint density at radius 1 is 1.57 bits per heavy atom. The van der Waals surface area contributed by atoms with E-state index in [1.165, 1.54) is 13.0 Å². The van der Waals surface area contributed by atoms with Crippen LogP contribution in [0.25, 0.3) is 0 Å². The van der Waals surface area contributed by atoms with Crippen molar-refractivity contribution < 1.29 is 19.2 Å². The highest BCUT2D eigenvalue weighted by molar-refractivity contribution is 5.92. The molecule has 0 aromatic heterocycles. The van der Waals surface area contributed by atoms with Gasteiger partial charge in [-0.3, -0.25) is 10.1 Å². The minimum absolute atomic E-state index is 0.0432. The zero-order chi connectivity index (χ0) is 10.9. The lowest BCUT2D eigenvalue weighted by atomic mass is 10.1. The summed E-state index contributed by atoms with van der Waals surface area (Å²) in [6.45, 7) is 1.33. The van der Waals surface area contributed by atoms with E-state index in [0.29, 0.717) is 0 Å². The van der Waals surface area contributed by atoms with Crippen LogP contribution in [0.15, 0.2) is 12.1 Å². The van der Waals surface area contributed by atoms with Crippen molar-refractivity contribution in [3.05, 3.63) is 39.2 Å². The number of aromatic carboxylic acids is 1. The van der Waals surface area contributed by atoms with Crippen molar-refractivity contribution in [1.29, 1.82) is 0 Å². The third kappa shape index (κ3) is 1.54. The van der Waals surface area contributed by atoms with Crippen LogP contribution in [0.3, 0.4) is 0 Å². The molecule has 1 N–H and O–H groups in total. The maximum Gasteiger partial charge on any atom is 0.342 e. The molecule has 0 spiro atoms. The van der Waals surface area contributed by atoms with Crippen LogP contribution >= 0.6 is 0 Å². The van der Waals surface area contributed by atoms with Crippen LogP contribution in [0.5, 0.6) is 0 Å². The summed E-state index contributed by atoms with van der Waals surface area (Å²) in [4.78, 5) is 19.9. The van der Waals surface area contributed by atoms with Gasteiger partial charge in [0.05, 0.1) is 4.92 Å². The first-order valence-corrected chi connectivity index (χ1v) is 3.62. The first kappa shape index (κ1) is 10.1. The molecule has 0 atom stereocenters. The summed E-state index contributed by atoms with van der Waals surface area (Å²) < 4.78 is 13.2. The van der Waals surface area contributed by atoms with Crippen molar-refractivity contribution in [3.8, 4) is 0 Å². The Kier molecular flexibility index (Phi) is 2.46. The first-order chi connectivity index (χ1) is 6.45. The lowest BCUT2D eigenvalue weighted by Gasteiger charge is -2.00. The summed E-state index contributed by atoms with van der Waals surface area (Å²) in [6, 6.07) is 2.20. The van der Waals surface area contributed by atoms with E-state index >= 15 is 0 Å². The molecule has 0 amide bonds. The molecule has 0 aliphatic rings. The predicted octanol–water partition coefficient (Wildman–Crippen LogP) is 1.74. The normalized spacial score (nSPS) is 9.86. The first-order valence-electron chi connectivity index (χ1n) is 3.62. The van der Waals surface area contributed by atoms with Crippen LogP contribution in [0.2, 0.25) is 0 Å². The van der Waals surface area contributed by atoms with Crippen LogP contribution in [-0.4, -0.2) is 16.0 Å². The minimum atomic E-state index is -1.52. The molecule has 1 rings (SSSR count). The predicted molar refractivity (Wildman–Crippen MR) is 44.8 cm³/mol. The van der Waals surface area contributed by atoms with E-state index < -0.39 is 28.0 Å². The molecular formula is C8H6FNO4. The number of nitrogens with zero attached hydrogens (tertiary/aromatic N) is 1. The second kappa shape index (κ2) is 3.41. The summed E-state index contributed by atoms with van der Waals surface area (Å²) >= 11 is 0. The number of halogens is 1. The number of benzene rings is 1. The molecule has 1 aromatic rings. The monoisotopic (exact) mass is 199 g/mol. The molecule has 0 saturated carbocycles. The number of hydrogen-bond donors (Lipinski definition) is 1. The van der Waals surface area contributed by atoms with Crippen molar-refractivity contribution in [1.82, 2.24) is 0 Å². The third-order valence-corrected chi connectivity index (χ3v) is 1.72. The lowest BCUT2D eigenvalue weighted by Crippen LogP contribution is -2.05. The second-order valence-electron chi connectivity index (χ2n) is 2.65. The summed E-state index contributed by atoms with van der Waals surface area (Å²) in [5.41, 5.74) is -1.59. The number of carboxylic acids is 1. The molecule has 0 saturated heterocycles. The highest BCUT2D eigenvalue weighted by Crippen LogP contribution is 2.24. The Labute approximate surface area is 77.9 Å². The zero-order valence-electron chi connectivity index (χ0n) is 7.15. The summed E-state index contributed by atoms with van der Waals surface area (Å²) in [5, 5.41) is 19.0. The van der Waals surface area contributed by atoms with Gasteiger partial charge in [-0.05, 0) is 18.6 Å². The SMILES string of the molecule is Cc1ccc(C(=O)O)c([N+](=O)[O-])c1F. The summed E-state index contributed by atoms with van der Waals surface area (Å²) in [5.74, 6) is -2.62. The molecule has 0 aliphatic carbocycles. The number of nitro groups is 1. The highest BCUT2D eigenvalue weighted by atomic mass is 19.1. The topological polar surface area (TPSA) is 80.4 Å². The Morgan fingerprint density at radius 2 is 2.14 bits per heavy atom. The van der Waals surface area contributed by atoms with E-state index in [0.717, 1.165) is 6.07 Å². The molecule has 0 unspecified atom stereocenters. The van der Waals surface area contributed by atoms with E-state index in [1.807, 2.05) is 0 Å². The number of aryl methyl sites for hydroxylation is 1. The van der Waals surface area contributed by atoms with Gasteiger partial charge >= 0.3 is 11.7 Å². The fourth-order valence-corrected chi connectivity index (χ4v) is 1.02. The molecule has 0 aliphatic heterocycles. The van der Waals surface area contributed by atoms with Gasteiger partial charge in [-0.2, -0.15) is 4.39 Å². The van der Waals surface area contributed by atoms with Gasteiger partial charge in [-0.25, -0.2) is 4.79 Å². The smallest absolute Gasteiger partial charge is 0.342 e. The van der Waals surface area contributed by atoms with Crippen molar-refractivity contribution >= 4 is 11.7 Å². The van der Waals surface area contributed by atoms with Gasteiger partial charge in [0.15, 0.2) is 0 Å². The standard InChI is InChI=1S/C8H6FNO4/c1-4-2-3-5(8(11)12)7(6(4)9)10(13)14/h2-3H,1H3,(H,11,12). The molecular weight excluding hydrogens is 193 g/mol. The van der Waals surface area contributed by atoms with Crippen molar-refractivity contribution in [2.75, 3.05) is 0 Å². The molecule has 0 fully saturated rings. The van der Waals surface area contributed by atoms with Crippen LogP contribution in [0.4, 0.5) is 10.1 Å². The third-order valence-electron chi connectivity index (χ3n) is 1.72. The molecule has 0 heterocycles. The van der Waals surface area contributed by atoms with Crippen LogP contribution in [0, 0.1) is 22.9 Å². The van der Waals surface area contributed by atoms with Crippen molar-refractivity contribution in [3.63, 3.8) is 0 Å². The Hall–Kier alpha value is -1.98. The quantitative estimate of drug-likeness (QED) is 0.581. The van der Waals surface area contributed by atoms with E-state index in [-0.39, 0.29) is 5.56 Å². The highest BCUT2D eigenvalue weighted by Gasteiger charge is 2.25. The zero-order valence-corrected chi connectivity index (χ0v) is 7.15. The van der Waals surface area contributed by atoms with Gasteiger partial charge in [0.2, 0.25) is 5.82 Å². The Morgan fingerprint density at radius 3 is 2.57 bits per heavy atom. The lowest BCUT2D eigenvalue weighted by molar-refractivity contribution is -0.387. The molecule has 74 valence electrons. The Bertz CT molecular complexity index is 416. The maximum atomic E-state index is 13.2. The van der Waals surface area contributed by atoms with Gasteiger partial charge in [0, 0.05) is 0 Å². The van der Waals surface area contributed by atoms with Crippen molar-refractivity contribution in [2.24, 2.45) is 0 Å². The van der Waals surface area contributed by atoms with Crippen LogP contribution in [0.1, 0.15) is 15.9 Å². The molecule has 1 aromatic carbocycles. The number of carboxylic acid groups (broad SMARTS) is 1. The maximum absolute atomic E-state index is 13.2. The van der Waals surface area contributed by atoms with Gasteiger partial charge in [-0.1, -0.05) is 6.07 Å². The Balaban J connectivity index is 3.53. The largest absolute Gasteiger partial charge is 0.477 e. The van der Waals surface area contributed by atoms with Gasteiger partial charge < -0.3 is 5.11 Å². The number of carbonyl (C=O) groups is 1. The number of nitro benzene ring substituents is 1. The fourth-order valence-electron chi connectivity index (χ4n) is 1.02. The van der Waals surface area contributed by atoms with Crippen molar-refractivity contribution in [2.45, 2.75) is 6.92 Å². The summed E-state index contributed by atoms with van der Waals surface area (Å²) in [7, 11) is 0. The average molecular weight is 199 g/mol. The molecule has 14 heavy (non-hydrogen) atoms. The van der Waals surface area contributed by atoms with Crippen LogP contribution in [-0.2, 0) is 0 Å². The minimum Gasteiger partial charge on any atom is -0.477 e. The summed E-state index contributed by atoms with van der Waals surface area (Å²) in [6.07, 6.45) is 0. The van der Waals surface area contributed by atoms with E-state index in [4.69, 9.17) is 5.11 Å². The van der Waals surface area contributed by atoms with Gasteiger partial charge in [-0.15, -0.1) is 0 Å². The van der Waals surface area contributed by atoms with E-state index in [1.54, 1.807) is 0 Å². The second-order valence-corrected chi connectivity index (χ2v) is 2.65. The number of rotatable bonds is 2. The molecule has 5 nitrogen and oxygen atoms in total. The van der Waals surface area contributed by atoms with Gasteiger partial charge in [0.1, 0.15) is 5.56 Å². The molecule has 6 heteroatoms. The van der Waals surface area contributed by atoms with E-state index in [2.05, 4.69) is 0 Å². The van der Waals surface area contributed by atoms with E-state index in [9.17, 15) is 19.3 Å². The fraction of sp³-hybridized carbons (Fsp3) is 0.125. The molecule has 0 bridgehead atoms. The van der Waals surface area contributed by atoms with Crippen LogP contribution < -0.4 is 0 Å². The number of hydrogen-bond acceptors (Lipinski definition) is 3.